The van der Waals surface area contributed by atoms with Crippen LogP contribution in [-0.2, 0) is 4.79 Å². The van der Waals surface area contributed by atoms with E-state index in [9.17, 15) is 4.79 Å². The Balaban J connectivity index is 1.87. The van der Waals surface area contributed by atoms with Crippen LogP contribution in [0.15, 0.2) is 0 Å². The summed E-state index contributed by atoms with van der Waals surface area (Å²) in [5, 5.41) is 0. The summed E-state index contributed by atoms with van der Waals surface area (Å²) in [6.07, 6.45) is 4.49. The first-order chi connectivity index (χ1) is 7.95. The van der Waals surface area contributed by atoms with Gasteiger partial charge >= 0.3 is 0 Å². The van der Waals surface area contributed by atoms with Crippen LogP contribution >= 0.6 is 0 Å². The summed E-state index contributed by atoms with van der Waals surface area (Å²) in [7, 11) is 0. The smallest absolute Gasteiger partial charge is 0.230 e. The minimum absolute atomic E-state index is 0.0180. The first kappa shape index (κ1) is 11.5. The molecule has 0 N–H and O–H groups in total. The Morgan fingerprint density at radius 1 is 1.18 bits per heavy atom. The summed E-state index contributed by atoms with van der Waals surface area (Å²) in [5.41, 5.74) is 0.0527. The van der Waals surface area contributed by atoms with E-state index in [1.807, 2.05) is 0 Å². The van der Waals surface area contributed by atoms with Gasteiger partial charge in [-0.3, -0.25) is 4.79 Å². The zero-order valence-electron chi connectivity index (χ0n) is 11.3. The molecule has 1 amide bonds. The maximum Gasteiger partial charge on any atom is 0.230 e. The average molecular weight is 236 g/mol. The number of hydrogen-bond acceptors (Lipinski definition) is 2. The van der Waals surface area contributed by atoms with Crippen LogP contribution in [0.4, 0.5) is 0 Å². The molecule has 0 saturated carbocycles. The van der Waals surface area contributed by atoms with Gasteiger partial charge in [0, 0.05) is 18.1 Å². The molecule has 3 fully saturated rings. The Morgan fingerprint density at radius 3 is 2.24 bits per heavy atom. The van der Waals surface area contributed by atoms with Crippen molar-refractivity contribution in [1.82, 2.24) is 9.80 Å². The highest BCUT2D eigenvalue weighted by molar-refractivity contribution is 5.85. The van der Waals surface area contributed by atoms with Crippen molar-refractivity contribution in [3.05, 3.63) is 0 Å². The quantitative estimate of drug-likeness (QED) is 0.694. The molecule has 3 rings (SSSR count). The van der Waals surface area contributed by atoms with Crippen LogP contribution in [0.2, 0.25) is 0 Å². The van der Waals surface area contributed by atoms with Crippen molar-refractivity contribution < 1.29 is 4.79 Å². The van der Waals surface area contributed by atoms with Gasteiger partial charge in [0.15, 0.2) is 0 Å². The molecule has 3 aliphatic heterocycles. The summed E-state index contributed by atoms with van der Waals surface area (Å²) in [4.78, 5) is 17.6. The highest BCUT2D eigenvalue weighted by atomic mass is 16.2. The van der Waals surface area contributed by atoms with Crippen molar-refractivity contribution in [2.45, 2.75) is 58.0 Å². The molecule has 3 saturated heterocycles. The molecule has 0 unspecified atom stereocenters. The van der Waals surface area contributed by atoms with Crippen molar-refractivity contribution in [2.24, 2.45) is 5.41 Å². The number of piperidine rings is 1. The first-order valence-electron chi connectivity index (χ1n) is 7.01. The molecule has 3 heteroatoms. The molecule has 3 aliphatic rings. The standard InChI is InChI=1S/C14H24N2O/c1-11-4-5-13(2,3)16(11)12(17)14-6-8-15(10-14)9-7-14/h11H,4-10H2,1-3H3/t11-/m0/s1. The fourth-order valence-electron chi connectivity index (χ4n) is 4.15. The Kier molecular flexibility index (Phi) is 2.35. The predicted molar refractivity (Wildman–Crippen MR) is 67.7 cm³/mol. The molecule has 0 aromatic carbocycles. The number of rotatable bonds is 1. The largest absolute Gasteiger partial charge is 0.334 e. The summed E-state index contributed by atoms with van der Waals surface area (Å²) in [6.45, 7) is 9.96. The van der Waals surface area contributed by atoms with Crippen LogP contribution in [0.25, 0.3) is 0 Å². The van der Waals surface area contributed by atoms with Crippen molar-refractivity contribution in [3.8, 4) is 0 Å². The van der Waals surface area contributed by atoms with E-state index in [1.54, 1.807) is 0 Å². The van der Waals surface area contributed by atoms with Crippen LogP contribution < -0.4 is 0 Å². The Bertz CT molecular complexity index is 342. The summed E-state index contributed by atoms with van der Waals surface area (Å²) >= 11 is 0. The lowest BCUT2D eigenvalue weighted by atomic mass is 9.82. The van der Waals surface area contributed by atoms with Crippen molar-refractivity contribution in [3.63, 3.8) is 0 Å². The molecular formula is C14H24N2O. The normalized spacial score (nSPS) is 43.4. The number of fused-ring (bicyclic) bond motifs is 2. The number of hydrogen-bond donors (Lipinski definition) is 0. The van der Waals surface area contributed by atoms with Crippen LogP contribution in [0, 0.1) is 5.41 Å². The number of carbonyl (C=O) groups excluding carboxylic acids is 1. The molecule has 0 aliphatic carbocycles. The molecule has 2 bridgehead atoms. The third kappa shape index (κ3) is 1.55. The Hall–Kier alpha value is -0.570. The third-order valence-corrected chi connectivity index (χ3v) is 5.28. The van der Waals surface area contributed by atoms with Gasteiger partial charge in [0.2, 0.25) is 5.91 Å². The lowest BCUT2D eigenvalue weighted by Gasteiger charge is -2.40. The van der Waals surface area contributed by atoms with E-state index < -0.39 is 0 Å². The van der Waals surface area contributed by atoms with E-state index in [4.69, 9.17) is 0 Å². The number of amides is 1. The van der Waals surface area contributed by atoms with E-state index in [2.05, 4.69) is 30.6 Å². The molecule has 1 atom stereocenters. The average Bonchev–Trinajstić information content (AvgIpc) is 2.93. The zero-order valence-corrected chi connectivity index (χ0v) is 11.3. The highest BCUT2D eigenvalue weighted by Gasteiger charge is 2.54. The van der Waals surface area contributed by atoms with E-state index >= 15 is 0 Å². The molecule has 3 heterocycles. The van der Waals surface area contributed by atoms with Gasteiger partial charge in [0.25, 0.3) is 0 Å². The Morgan fingerprint density at radius 2 is 1.82 bits per heavy atom. The van der Waals surface area contributed by atoms with Crippen LogP contribution in [0.5, 0.6) is 0 Å². The molecule has 0 radical (unpaired) electrons. The molecule has 0 aromatic heterocycles. The second-order valence-corrected chi connectivity index (χ2v) is 6.93. The molecule has 0 spiro atoms. The monoisotopic (exact) mass is 236 g/mol. The van der Waals surface area contributed by atoms with Gasteiger partial charge in [-0.15, -0.1) is 0 Å². The number of likely N-dealkylation sites (tertiary alicyclic amines) is 1. The van der Waals surface area contributed by atoms with E-state index in [1.165, 1.54) is 6.42 Å². The second kappa shape index (κ2) is 3.47. The van der Waals surface area contributed by atoms with Crippen molar-refractivity contribution in [2.75, 3.05) is 19.6 Å². The molecule has 3 nitrogen and oxygen atoms in total. The third-order valence-electron chi connectivity index (χ3n) is 5.28. The van der Waals surface area contributed by atoms with Gasteiger partial charge in [0.1, 0.15) is 0 Å². The summed E-state index contributed by atoms with van der Waals surface area (Å²) in [6, 6.07) is 0.432. The lowest BCUT2D eigenvalue weighted by Crippen LogP contribution is -2.52. The van der Waals surface area contributed by atoms with Crippen molar-refractivity contribution >= 4 is 5.91 Å². The fraction of sp³-hybridized carbons (Fsp3) is 0.929. The minimum Gasteiger partial charge on any atom is -0.334 e. The molecule has 0 aromatic rings. The first-order valence-corrected chi connectivity index (χ1v) is 7.01. The predicted octanol–water partition coefficient (Wildman–Crippen LogP) is 1.87. The topological polar surface area (TPSA) is 23.6 Å². The molecule has 96 valence electrons. The maximum atomic E-state index is 13.0. The highest BCUT2D eigenvalue weighted by Crippen LogP contribution is 2.45. The maximum absolute atomic E-state index is 13.0. The van der Waals surface area contributed by atoms with E-state index in [0.717, 1.165) is 38.9 Å². The summed E-state index contributed by atoms with van der Waals surface area (Å²) < 4.78 is 0. The lowest BCUT2D eigenvalue weighted by molar-refractivity contribution is -0.146. The van der Waals surface area contributed by atoms with Crippen LogP contribution in [0.3, 0.4) is 0 Å². The number of nitrogens with zero attached hydrogens (tertiary/aromatic N) is 2. The van der Waals surface area contributed by atoms with Gasteiger partial charge < -0.3 is 9.80 Å². The SMILES string of the molecule is C[C@H]1CCC(C)(C)N1C(=O)C12CCN(CC1)C2. The van der Waals surface area contributed by atoms with E-state index in [-0.39, 0.29) is 11.0 Å². The van der Waals surface area contributed by atoms with Crippen LogP contribution in [0.1, 0.15) is 46.5 Å². The second-order valence-electron chi connectivity index (χ2n) is 6.93. The minimum atomic E-state index is -0.0180. The Labute approximate surface area is 104 Å². The van der Waals surface area contributed by atoms with Gasteiger partial charge in [-0.1, -0.05) is 0 Å². The van der Waals surface area contributed by atoms with Crippen LogP contribution in [-0.4, -0.2) is 46.9 Å². The molecule has 17 heavy (non-hydrogen) atoms. The molecular weight excluding hydrogens is 212 g/mol. The zero-order chi connectivity index (χ0) is 12.3. The van der Waals surface area contributed by atoms with Gasteiger partial charge in [-0.2, -0.15) is 0 Å². The van der Waals surface area contributed by atoms with E-state index in [0.29, 0.717) is 11.9 Å². The van der Waals surface area contributed by atoms with Gasteiger partial charge in [-0.05, 0) is 59.5 Å². The van der Waals surface area contributed by atoms with Gasteiger partial charge in [-0.25, -0.2) is 0 Å². The number of carbonyl (C=O) groups is 1. The summed E-state index contributed by atoms with van der Waals surface area (Å²) in [5.74, 6) is 0.451. The van der Waals surface area contributed by atoms with Crippen molar-refractivity contribution in [1.29, 1.82) is 0 Å². The van der Waals surface area contributed by atoms with Gasteiger partial charge in [0.05, 0.1) is 5.41 Å². The fourth-order valence-corrected chi connectivity index (χ4v) is 4.15.